The second-order valence-electron chi connectivity index (χ2n) is 7.23. The second-order valence-corrected chi connectivity index (χ2v) is 10.4. The number of nitrogens with zero attached hydrogens (tertiary/aromatic N) is 2. The number of carbonyl (C=O) groups excluding carboxylic acids is 1. The van der Waals surface area contributed by atoms with Crippen LogP contribution in [0.5, 0.6) is 0 Å². The van der Waals surface area contributed by atoms with Crippen molar-refractivity contribution in [3.8, 4) is 0 Å². The molecule has 3 aromatic rings. The molecule has 0 aliphatic heterocycles. The number of rotatable bonds is 7. The first-order valence-corrected chi connectivity index (χ1v) is 12.5. The smallest absolute Gasteiger partial charge is 0.271 e. The van der Waals surface area contributed by atoms with Gasteiger partial charge in [-0.25, -0.2) is 13.8 Å². The van der Waals surface area contributed by atoms with E-state index < -0.39 is 39.2 Å². The summed E-state index contributed by atoms with van der Waals surface area (Å²) in [6.45, 7) is 0.810. The van der Waals surface area contributed by atoms with Crippen LogP contribution in [0.2, 0.25) is 5.02 Å². The predicted molar refractivity (Wildman–Crippen MR) is 132 cm³/mol. The maximum atomic E-state index is 13.4. The summed E-state index contributed by atoms with van der Waals surface area (Å²) in [5.74, 6) is -0.857. The summed E-state index contributed by atoms with van der Waals surface area (Å²) in [7, 11) is -4.41. The highest BCUT2D eigenvalue weighted by Crippen LogP contribution is 2.38. The molecular weight excluding hydrogens is 571 g/mol. The molecule has 3 rings (SSSR count). The molecule has 184 valence electrons. The zero-order chi connectivity index (χ0) is 25.8. The summed E-state index contributed by atoms with van der Waals surface area (Å²) in [6, 6.07) is 16.7. The summed E-state index contributed by atoms with van der Waals surface area (Å²) < 4.78 is 68.3. The molecule has 35 heavy (non-hydrogen) atoms. The van der Waals surface area contributed by atoms with E-state index in [1.807, 2.05) is 0 Å². The van der Waals surface area contributed by atoms with Gasteiger partial charge < -0.3 is 0 Å². The molecular formula is C23H18BrClF3N3O3S. The van der Waals surface area contributed by atoms with Crippen molar-refractivity contribution in [2.24, 2.45) is 5.10 Å². The van der Waals surface area contributed by atoms with Crippen molar-refractivity contribution in [3.63, 3.8) is 0 Å². The summed E-state index contributed by atoms with van der Waals surface area (Å²) in [4.78, 5) is 12.5. The van der Waals surface area contributed by atoms with E-state index in [0.717, 1.165) is 16.6 Å². The third kappa shape index (κ3) is 6.62. The first-order valence-electron chi connectivity index (χ1n) is 9.93. The highest BCUT2D eigenvalue weighted by molar-refractivity contribution is 9.10. The molecule has 3 aromatic carbocycles. The Morgan fingerprint density at radius 3 is 2.29 bits per heavy atom. The van der Waals surface area contributed by atoms with Crippen molar-refractivity contribution < 1.29 is 26.4 Å². The van der Waals surface area contributed by atoms with Crippen LogP contribution in [0.3, 0.4) is 0 Å². The normalized spacial score (nSPS) is 12.3. The Hall–Kier alpha value is -2.89. The molecule has 0 bridgehead atoms. The average molecular weight is 589 g/mol. The van der Waals surface area contributed by atoms with Crippen LogP contribution in [-0.4, -0.2) is 26.6 Å². The fourth-order valence-electron chi connectivity index (χ4n) is 2.99. The van der Waals surface area contributed by atoms with Gasteiger partial charge in [0.1, 0.15) is 6.54 Å². The molecule has 12 heteroatoms. The average Bonchev–Trinajstić information content (AvgIpc) is 2.81. The summed E-state index contributed by atoms with van der Waals surface area (Å²) in [6.07, 6.45) is -4.83. The predicted octanol–water partition coefficient (Wildman–Crippen LogP) is 5.86. The van der Waals surface area contributed by atoms with Crippen LogP contribution in [0.15, 0.2) is 87.3 Å². The van der Waals surface area contributed by atoms with Crippen molar-refractivity contribution in [1.29, 1.82) is 0 Å². The molecule has 0 saturated heterocycles. The van der Waals surface area contributed by atoms with Gasteiger partial charge in [-0.05, 0) is 55.0 Å². The monoisotopic (exact) mass is 587 g/mol. The molecule has 1 N–H and O–H groups in total. The van der Waals surface area contributed by atoms with Gasteiger partial charge in [0, 0.05) is 4.47 Å². The molecule has 0 atom stereocenters. The van der Waals surface area contributed by atoms with Crippen LogP contribution < -0.4 is 9.73 Å². The van der Waals surface area contributed by atoms with Gasteiger partial charge in [-0.2, -0.15) is 18.3 Å². The molecule has 0 fully saturated rings. The number of alkyl halides is 3. The minimum Gasteiger partial charge on any atom is -0.271 e. The van der Waals surface area contributed by atoms with Gasteiger partial charge in [0.05, 0.1) is 26.9 Å². The molecule has 0 aromatic heterocycles. The number of hydrazone groups is 1. The van der Waals surface area contributed by atoms with E-state index in [1.165, 1.54) is 24.3 Å². The Morgan fingerprint density at radius 2 is 1.69 bits per heavy atom. The van der Waals surface area contributed by atoms with E-state index in [4.69, 9.17) is 11.6 Å². The number of carbonyl (C=O) groups is 1. The van der Waals surface area contributed by atoms with Crippen LogP contribution >= 0.6 is 27.5 Å². The molecule has 0 saturated carbocycles. The van der Waals surface area contributed by atoms with Crippen molar-refractivity contribution in [2.75, 3.05) is 10.8 Å². The van der Waals surface area contributed by atoms with E-state index in [9.17, 15) is 26.4 Å². The quantitative estimate of drug-likeness (QED) is 0.278. The fraction of sp³-hybridized carbons (Fsp3) is 0.130. The second kappa shape index (κ2) is 10.8. The zero-order valence-electron chi connectivity index (χ0n) is 18.1. The van der Waals surface area contributed by atoms with Crippen LogP contribution in [0, 0.1) is 0 Å². The van der Waals surface area contributed by atoms with Gasteiger partial charge in [-0.15, -0.1) is 0 Å². The molecule has 1 amide bonds. The van der Waals surface area contributed by atoms with Crippen LogP contribution in [0.4, 0.5) is 18.9 Å². The molecule has 0 unspecified atom stereocenters. The largest absolute Gasteiger partial charge is 0.417 e. The first-order chi connectivity index (χ1) is 16.4. The lowest BCUT2D eigenvalue weighted by molar-refractivity contribution is -0.137. The number of hydrogen-bond donors (Lipinski definition) is 1. The molecule has 6 nitrogen and oxygen atoms in total. The van der Waals surface area contributed by atoms with Crippen LogP contribution in [-0.2, 0) is 21.0 Å². The molecule has 0 heterocycles. The van der Waals surface area contributed by atoms with Crippen molar-refractivity contribution >= 4 is 54.9 Å². The van der Waals surface area contributed by atoms with E-state index >= 15 is 0 Å². The fourth-order valence-corrected chi connectivity index (χ4v) is 4.91. The van der Waals surface area contributed by atoms with Gasteiger partial charge in [0.2, 0.25) is 0 Å². The highest BCUT2D eigenvalue weighted by atomic mass is 79.9. The summed E-state index contributed by atoms with van der Waals surface area (Å²) in [5, 5.41) is 3.38. The zero-order valence-corrected chi connectivity index (χ0v) is 21.2. The van der Waals surface area contributed by atoms with Gasteiger partial charge in [-0.3, -0.25) is 9.10 Å². The Labute approximate surface area is 213 Å². The molecule has 0 aliphatic carbocycles. The maximum absolute atomic E-state index is 13.4. The lowest BCUT2D eigenvalue weighted by Gasteiger charge is -2.25. The van der Waals surface area contributed by atoms with Gasteiger partial charge in [0.15, 0.2) is 0 Å². The maximum Gasteiger partial charge on any atom is 0.417 e. The number of anilines is 1. The number of amides is 1. The van der Waals surface area contributed by atoms with Crippen LogP contribution in [0.1, 0.15) is 18.1 Å². The highest BCUT2D eigenvalue weighted by Gasteiger charge is 2.35. The Bertz CT molecular complexity index is 1350. The Morgan fingerprint density at radius 1 is 1.06 bits per heavy atom. The van der Waals surface area contributed by atoms with Crippen molar-refractivity contribution in [3.05, 3.63) is 93.4 Å². The van der Waals surface area contributed by atoms with Crippen molar-refractivity contribution in [1.82, 2.24) is 5.43 Å². The van der Waals surface area contributed by atoms with Crippen molar-refractivity contribution in [2.45, 2.75) is 18.0 Å². The Balaban J connectivity index is 1.96. The lowest BCUT2D eigenvalue weighted by atomic mass is 10.1. The van der Waals surface area contributed by atoms with E-state index in [-0.39, 0.29) is 10.6 Å². The number of nitrogens with one attached hydrogen (secondary N) is 1. The standard InChI is InChI=1S/C23H18BrClF3N3O3S/c1-15(16-7-9-17(24)10-8-16)29-30-22(32)14-31(35(33,34)19-5-3-2-4-6-19)18-11-12-21(25)20(13-18)23(26,27)28/h2-13H,14H2,1H3,(H,30,32)/b29-15-. The van der Waals surface area contributed by atoms with Gasteiger partial charge in [-0.1, -0.05) is 57.9 Å². The topological polar surface area (TPSA) is 78.8 Å². The lowest BCUT2D eigenvalue weighted by Crippen LogP contribution is -2.40. The third-order valence-corrected chi connectivity index (χ3v) is 7.42. The SMILES string of the molecule is C/C(=N/NC(=O)CN(c1ccc(Cl)c(C(F)(F)F)c1)S(=O)(=O)c1ccccc1)c1ccc(Br)cc1. The minimum absolute atomic E-state index is 0.203. The molecule has 0 radical (unpaired) electrons. The Kier molecular flexibility index (Phi) is 8.24. The first kappa shape index (κ1) is 26.7. The third-order valence-electron chi connectivity index (χ3n) is 4.77. The van der Waals surface area contributed by atoms with E-state index in [1.54, 1.807) is 37.3 Å². The summed E-state index contributed by atoms with van der Waals surface area (Å²) in [5.41, 5.74) is 1.79. The number of benzene rings is 3. The number of hydrogen-bond acceptors (Lipinski definition) is 4. The van der Waals surface area contributed by atoms with E-state index in [0.29, 0.717) is 21.6 Å². The van der Waals surface area contributed by atoms with E-state index in [2.05, 4.69) is 26.5 Å². The minimum atomic E-state index is -4.83. The van der Waals surface area contributed by atoms with Crippen LogP contribution in [0.25, 0.3) is 0 Å². The number of sulfonamides is 1. The van der Waals surface area contributed by atoms with Gasteiger partial charge in [0.25, 0.3) is 15.9 Å². The molecule has 0 aliphatic rings. The number of halogens is 5. The van der Waals surface area contributed by atoms with Gasteiger partial charge >= 0.3 is 6.18 Å². The summed E-state index contributed by atoms with van der Waals surface area (Å²) >= 11 is 9.00. The molecule has 0 spiro atoms.